The second kappa shape index (κ2) is 7.63. The standard InChI is InChI=1S/C21H22N4O2/c26-20(27)15-25-19-11-12-24(13-16-7-3-1-4-8-16)14-18(19)21(23-25)22-17-9-5-2-6-10-17/h1-10H,11-15H2,(H,22,23)(H,26,27). The Kier molecular flexibility index (Phi) is 4.89. The van der Waals surface area contributed by atoms with Gasteiger partial charge in [-0.05, 0) is 17.7 Å². The second-order valence-corrected chi connectivity index (χ2v) is 6.76. The van der Waals surface area contributed by atoms with Crippen molar-refractivity contribution in [2.75, 3.05) is 11.9 Å². The molecule has 0 aliphatic carbocycles. The number of fused-ring (bicyclic) bond motifs is 1. The van der Waals surface area contributed by atoms with E-state index in [0.29, 0.717) is 0 Å². The molecule has 4 rings (SSSR count). The number of aliphatic carboxylic acids is 1. The number of rotatable bonds is 6. The predicted octanol–water partition coefficient (Wildman–Crippen LogP) is 3.27. The summed E-state index contributed by atoms with van der Waals surface area (Å²) in [6.45, 7) is 2.39. The molecule has 3 aromatic rings. The number of carboxylic acids is 1. The molecule has 27 heavy (non-hydrogen) atoms. The molecule has 6 nitrogen and oxygen atoms in total. The first-order chi connectivity index (χ1) is 13.2. The average Bonchev–Trinajstić information content (AvgIpc) is 2.99. The molecule has 2 N–H and O–H groups in total. The molecule has 1 aliphatic rings. The summed E-state index contributed by atoms with van der Waals surface area (Å²) in [5, 5.41) is 17.1. The zero-order valence-electron chi connectivity index (χ0n) is 15.0. The van der Waals surface area contributed by atoms with Crippen molar-refractivity contribution in [3.63, 3.8) is 0 Å². The first-order valence-corrected chi connectivity index (χ1v) is 9.08. The minimum absolute atomic E-state index is 0.114. The first kappa shape index (κ1) is 17.3. The van der Waals surface area contributed by atoms with Gasteiger partial charge in [0.15, 0.2) is 5.82 Å². The highest BCUT2D eigenvalue weighted by atomic mass is 16.4. The Balaban J connectivity index is 1.61. The van der Waals surface area contributed by atoms with Crippen LogP contribution in [0.4, 0.5) is 11.5 Å². The molecular weight excluding hydrogens is 340 g/mol. The molecule has 0 fully saturated rings. The maximum atomic E-state index is 11.2. The monoisotopic (exact) mass is 362 g/mol. The van der Waals surface area contributed by atoms with Gasteiger partial charge < -0.3 is 10.4 Å². The lowest BCUT2D eigenvalue weighted by Gasteiger charge is -2.27. The lowest BCUT2D eigenvalue weighted by atomic mass is 10.1. The van der Waals surface area contributed by atoms with Crippen molar-refractivity contribution in [2.24, 2.45) is 0 Å². The van der Waals surface area contributed by atoms with Crippen LogP contribution in [0.15, 0.2) is 60.7 Å². The van der Waals surface area contributed by atoms with Gasteiger partial charge in [0.2, 0.25) is 0 Å². The van der Waals surface area contributed by atoms with Crippen molar-refractivity contribution in [1.29, 1.82) is 0 Å². The van der Waals surface area contributed by atoms with Gasteiger partial charge in [0.05, 0.1) is 0 Å². The average molecular weight is 362 g/mol. The van der Waals surface area contributed by atoms with Gasteiger partial charge in [0.25, 0.3) is 0 Å². The number of benzene rings is 2. The van der Waals surface area contributed by atoms with Crippen molar-refractivity contribution in [1.82, 2.24) is 14.7 Å². The SMILES string of the molecule is O=C(O)Cn1nc(Nc2ccccc2)c2c1CCN(Cc1ccccc1)C2. The molecule has 138 valence electrons. The van der Waals surface area contributed by atoms with Crippen molar-refractivity contribution in [3.05, 3.63) is 77.5 Å². The third kappa shape index (κ3) is 4.01. The topological polar surface area (TPSA) is 70.4 Å². The van der Waals surface area contributed by atoms with Crippen LogP contribution in [-0.2, 0) is 30.8 Å². The van der Waals surface area contributed by atoms with Crippen LogP contribution in [-0.4, -0.2) is 32.3 Å². The van der Waals surface area contributed by atoms with Crippen molar-refractivity contribution < 1.29 is 9.90 Å². The Morgan fingerprint density at radius 2 is 1.78 bits per heavy atom. The fourth-order valence-electron chi connectivity index (χ4n) is 3.54. The molecule has 1 aromatic heterocycles. The summed E-state index contributed by atoms with van der Waals surface area (Å²) in [6.07, 6.45) is 0.791. The number of aromatic nitrogens is 2. The third-order valence-electron chi connectivity index (χ3n) is 4.78. The van der Waals surface area contributed by atoms with Gasteiger partial charge in [0.1, 0.15) is 6.54 Å². The maximum absolute atomic E-state index is 11.2. The van der Waals surface area contributed by atoms with E-state index in [9.17, 15) is 9.90 Å². The molecule has 1 aliphatic heterocycles. The summed E-state index contributed by atoms with van der Waals surface area (Å²) in [7, 11) is 0. The molecule has 0 saturated heterocycles. The number of carbonyl (C=O) groups is 1. The zero-order valence-corrected chi connectivity index (χ0v) is 15.0. The molecule has 6 heteroatoms. The summed E-state index contributed by atoms with van der Waals surface area (Å²) in [5.74, 6) is -0.131. The van der Waals surface area contributed by atoms with E-state index in [0.717, 1.165) is 48.8 Å². The smallest absolute Gasteiger partial charge is 0.325 e. The van der Waals surface area contributed by atoms with E-state index in [1.165, 1.54) is 5.56 Å². The second-order valence-electron chi connectivity index (χ2n) is 6.76. The Hall–Kier alpha value is -3.12. The van der Waals surface area contributed by atoms with Crippen LogP contribution in [0.1, 0.15) is 16.8 Å². The molecule has 0 atom stereocenters. The number of nitrogens with one attached hydrogen (secondary N) is 1. The molecule has 0 spiro atoms. The molecule has 0 amide bonds. The molecule has 0 radical (unpaired) electrons. The molecule has 2 aromatic carbocycles. The number of anilines is 2. The van der Waals surface area contributed by atoms with Gasteiger partial charge in [-0.15, -0.1) is 0 Å². The summed E-state index contributed by atoms with van der Waals surface area (Å²) in [5.41, 5.74) is 4.32. The van der Waals surface area contributed by atoms with E-state index in [2.05, 4.69) is 39.6 Å². The van der Waals surface area contributed by atoms with Gasteiger partial charge in [-0.3, -0.25) is 14.4 Å². The lowest BCUT2D eigenvalue weighted by Crippen LogP contribution is -2.31. The van der Waals surface area contributed by atoms with Crippen LogP contribution in [0.25, 0.3) is 0 Å². The van der Waals surface area contributed by atoms with Gasteiger partial charge in [0, 0.05) is 43.0 Å². The largest absolute Gasteiger partial charge is 0.480 e. The number of carboxylic acid groups (broad SMARTS) is 1. The molecular formula is C21H22N4O2. The lowest BCUT2D eigenvalue weighted by molar-refractivity contribution is -0.137. The van der Waals surface area contributed by atoms with Crippen molar-refractivity contribution in [3.8, 4) is 0 Å². The van der Waals surface area contributed by atoms with E-state index in [1.807, 2.05) is 36.4 Å². The summed E-state index contributed by atoms with van der Waals surface area (Å²) in [4.78, 5) is 13.6. The van der Waals surface area contributed by atoms with Crippen LogP contribution in [0.5, 0.6) is 0 Å². The van der Waals surface area contributed by atoms with E-state index >= 15 is 0 Å². The van der Waals surface area contributed by atoms with Crippen molar-refractivity contribution in [2.45, 2.75) is 26.1 Å². The predicted molar refractivity (Wildman–Crippen MR) is 104 cm³/mol. The van der Waals surface area contributed by atoms with Crippen LogP contribution < -0.4 is 5.32 Å². The highest BCUT2D eigenvalue weighted by molar-refractivity contribution is 5.67. The maximum Gasteiger partial charge on any atom is 0.325 e. The molecule has 2 heterocycles. The van der Waals surface area contributed by atoms with Crippen LogP contribution >= 0.6 is 0 Å². The minimum Gasteiger partial charge on any atom is -0.480 e. The van der Waals surface area contributed by atoms with E-state index < -0.39 is 5.97 Å². The van der Waals surface area contributed by atoms with Crippen LogP contribution in [0.2, 0.25) is 0 Å². The Morgan fingerprint density at radius 1 is 1.07 bits per heavy atom. The Morgan fingerprint density at radius 3 is 2.48 bits per heavy atom. The number of hydrogen-bond acceptors (Lipinski definition) is 4. The van der Waals surface area contributed by atoms with Gasteiger partial charge in [-0.2, -0.15) is 5.10 Å². The quantitative estimate of drug-likeness (QED) is 0.704. The summed E-state index contributed by atoms with van der Waals surface area (Å²) < 4.78 is 1.63. The fraction of sp³-hybridized carbons (Fsp3) is 0.238. The molecule has 0 bridgehead atoms. The van der Waals surface area contributed by atoms with Crippen LogP contribution in [0, 0.1) is 0 Å². The summed E-state index contributed by atoms with van der Waals surface area (Å²) in [6, 6.07) is 20.2. The Bertz CT molecular complexity index is 922. The zero-order chi connectivity index (χ0) is 18.6. The third-order valence-corrected chi connectivity index (χ3v) is 4.78. The number of para-hydroxylation sites is 1. The highest BCUT2D eigenvalue weighted by Crippen LogP contribution is 2.29. The molecule has 0 unspecified atom stereocenters. The van der Waals surface area contributed by atoms with E-state index in [1.54, 1.807) is 4.68 Å². The van der Waals surface area contributed by atoms with E-state index in [4.69, 9.17) is 0 Å². The van der Waals surface area contributed by atoms with Gasteiger partial charge >= 0.3 is 5.97 Å². The van der Waals surface area contributed by atoms with E-state index in [-0.39, 0.29) is 6.54 Å². The first-order valence-electron chi connectivity index (χ1n) is 9.08. The number of nitrogens with zero attached hydrogens (tertiary/aromatic N) is 3. The minimum atomic E-state index is -0.877. The van der Waals surface area contributed by atoms with Crippen molar-refractivity contribution >= 4 is 17.5 Å². The number of hydrogen-bond donors (Lipinski definition) is 2. The highest BCUT2D eigenvalue weighted by Gasteiger charge is 2.26. The van der Waals surface area contributed by atoms with Gasteiger partial charge in [-0.1, -0.05) is 48.5 Å². The van der Waals surface area contributed by atoms with Crippen LogP contribution in [0.3, 0.4) is 0 Å². The summed E-state index contributed by atoms with van der Waals surface area (Å²) >= 11 is 0. The molecule has 0 saturated carbocycles. The van der Waals surface area contributed by atoms with Gasteiger partial charge in [-0.25, -0.2) is 0 Å². The Labute approximate surface area is 158 Å². The fourth-order valence-corrected chi connectivity index (χ4v) is 3.54. The normalized spacial score (nSPS) is 13.9.